The lowest BCUT2D eigenvalue weighted by atomic mass is 10.1. The Labute approximate surface area is 132 Å². The number of carbonyl (C=O) groups is 2. The Morgan fingerprint density at radius 1 is 1.27 bits per heavy atom. The molecular weight excluding hydrogens is 300 g/mol. The second kappa shape index (κ2) is 7.09. The van der Waals surface area contributed by atoms with Crippen LogP contribution in [0.3, 0.4) is 0 Å². The number of carbonyl (C=O) groups excluding carboxylic acids is 2. The third-order valence-corrected chi connectivity index (χ3v) is 4.00. The van der Waals surface area contributed by atoms with E-state index in [1.165, 1.54) is 18.3 Å². The molecule has 0 aliphatic heterocycles. The van der Waals surface area contributed by atoms with Crippen molar-refractivity contribution in [3.8, 4) is 0 Å². The zero-order valence-corrected chi connectivity index (χ0v) is 13.1. The van der Waals surface area contributed by atoms with Gasteiger partial charge in [-0.3, -0.25) is 4.79 Å². The van der Waals surface area contributed by atoms with Crippen molar-refractivity contribution in [3.05, 3.63) is 53.2 Å². The molecule has 114 valence electrons. The maximum absolute atomic E-state index is 12.0. The van der Waals surface area contributed by atoms with Gasteiger partial charge in [0.2, 0.25) is 5.91 Å². The van der Waals surface area contributed by atoms with Gasteiger partial charge in [-0.05, 0) is 43.2 Å². The Morgan fingerprint density at radius 3 is 2.77 bits per heavy atom. The fourth-order valence-electron chi connectivity index (χ4n) is 1.85. The lowest BCUT2D eigenvalue weighted by molar-refractivity contribution is -0.255. The molecule has 1 heterocycles. The van der Waals surface area contributed by atoms with E-state index in [4.69, 9.17) is 0 Å². The molecule has 0 spiro atoms. The van der Waals surface area contributed by atoms with Crippen LogP contribution in [0.5, 0.6) is 0 Å². The van der Waals surface area contributed by atoms with Gasteiger partial charge in [-0.2, -0.15) is 0 Å². The summed E-state index contributed by atoms with van der Waals surface area (Å²) in [5.74, 6) is -1.44. The predicted octanol–water partition coefficient (Wildman–Crippen LogP) is 1.79. The zero-order valence-electron chi connectivity index (χ0n) is 12.3. The normalized spacial score (nSPS) is 10.3. The number of nitrogens with one attached hydrogen (secondary N) is 1. The molecule has 0 unspecified atom stereocenters. The molecule has 1 aromatic heterocycles. The molecule has 6 heteroatoms. The highest BCUT2D eigenvalue weighted by atomic mass is 32.2. The minimum absolute atomic E-state index is 0.00737. The largest absolute Gasteiger partial charge is 0.545 e. The number of aromatic carboxylic acids is 1. The average molecular weight is 315 g/mol. The summed E-state index contributed by atoms with van der Waals surface area (Å²) in [6.45, 7) is 3.86. The van der Waals surface area contributed by atoms with Crippen molar-refractivity contribution >= 4 is 29.3 Å². The van der Waals surface area contributed by atoms with Crippen molar-refractivity contribution in [2.45, 2.75) is 18.9 Å². The number of pyridine rings is 1. The molecule has 2 rings (SSSR count). The molecule has 0 radical (unpaired) electrons. The fourth-order valence-corrected chi connectivity index (χ4v) is 2.63. The number of benzene rings is 1. The number of hydrogen-bond acceptors (Lipinski definition) is 5. The lowest BCUT2D eigenvalue weighted by Gasteiger charge is -2.10. The Balaban J connectivity index is 2.02. The van der Waals surface area contributed by atoms with Gasteiger partial charge in [-0.1, -0.05) is 23.9 Å². The summed E-state index contributed by atoms with van der Waals surface area (Å²) in [4.78, 5) is 27.0. The molecule has 5 nitrogen and oxygen atoms in total. The SMILES string of the molecule is Cc1ccc(C)c(NC(=O)CSc2ncccc2C(=O)[O-])c1. The third-order valence-electron chi connectivity index (χ3n) is 3.00. The number of anilines is 1. The number of carboxylic acids is 1. The van der Waals surface area contributed by atoms with Crippen LogP contribution in [0.2, 0.25) is 0 Å². The number of carboxylic acid groups (broad SMARTS) is 1. The second-order valence-corrected chi connectivity index (χ2v) is 5.76. The molecule has 0 saturated carbocycles. The van der Waals surface area contributed by atoms with Crippen LogP contribution < -0.4 is 10.4 Å². The summed E-state index contributed by atoms with van der Waals surface area (Å²) in [5, 5.41) is 14.1. The summed E-state index contributed by atoms with van der Waals surface area (Å²) in [6, 6.07) is 8.73. The van der Waals surface area contributed by atoms with E-state index in [0.29, 0.717) is 0 Å². The van der Waals surface area contributed by atoms with Crippen LogP contribution in [-0.2, 0) is 4.79 Å². The van der Waals surface area contributed by atoms with Crippen molar-refractivity contribution in [1.82, 2.24) is 4.98 Å². The molecule has 0 bridgehead atoms. The number of nitrogens with zero attached hydrogens (tertiary/aromatic N) is 1. The Bertz CT molecular complexity index is 716. The number of thioether (sulfide) groups is 1. The molecular formula is C16H15N2O3S-. The molecule has 0 aliphatic carbocycles. The lowest BCUT2D eigenvalue weighted by Crippen LogP contribution is -2.23. The minimum atomic E-state index is -1.30. The van der Waals surface area contributed by atoms with Crippen molar-refractivity contribution in [3.63, 3.8) is 0 Å². The van der Waals surface area contributed by atoms with Crippen LogP contribution in [0.15, 0.2) is 41.6 Å². The number of aromatic nitrogens is 1. The Hall–Kier alpha value is -2.34. The quantitative estimate of drug-likeness (QED) is 0.851. The van der Waals surface area contributed by atoms with Crippen molar-refractivity contribution < 1.29 is 14.7 Å². The fraction of sp³-hybridized carbons (Fsp3) is 0.188. The van der Waals surface area contributed by atoms with Gasteiger partial charge in [0.05, 0.1) is 11.7 Å². The molecule has 1 aromatic carbocycles. The van der Waals surface area contributed by atoms with Crippen LogP contribution in [0.1, 0.15) is 21.5 Å². The molecule has 1 amide bonds. The van der Waals surface area contributed by atoms with Gasteiger partial charge in [0.25, 0.3) is 0 Å². The van der Waals surface area contributed by atoms with E-state index in [-0.39, 0.29) is 22.2 Å². The van der Waals surface area contributed by atoms with Crippen molar-refractivity contribution in [2.24, 2.45) is 0 Å². The van der Waals surface area contributed by atoms with E-state index in [1.807, 2.05) is 32.0 Å². The molecule has 0 aliphatic rings. The number of hydrogen-bond donors (Lipinski definition) is 1. The van der Waals surface area contributed by atoms with Crippen LogP contribution in [0.25, 0.3) is 0 Å². The van der Waals surface area contributed by atoms with Gasteiger partial charge in [0, 0.05) is 17.4 Å². The average Bonchev–Trinajstić information content (AvgIpc) is 2.49. The smallest absolute Gasteiger partial charge is 0.234 e. The molecule has 0 fully saturated rings. The van der Waals surface area contributed by atoms with Gasteiger partial charge in [0.1, 0.15) is 5.03 Å². The molecule has 22 heavy (non-hydrogen) atoms. The number of rotatable bonds is 5. The maximum atomic E-state index is 12.0. The third kappa shape index (κ3) is 4.08. The highest BCUT2D eigenvalue weighted by molar-refractivity contribution is 8.00. The van der Waals surface area contributed by atoms with Gasteiger partial charge in [-0.15, -0.1) is 0 Å². The first-order chi connectivity index (χ1) is 10.5. The minimum Gasteiger partial charge on any atom is -0.545 e. The summed E-state index contributed by atoms with van der Waals surface area (Å²) in [6.07, 6.45) is 1.48. The van der Waals surface area contributed by atoms with Crippen LogP contribution in [0.4, 0.5) is 5.69 Å². The Morgan fingerprint density at radius 2 is 2.05 bits per heavy atom. The number of amides is 1. The van der Waals surface area contributed by atoms with Gasteiger partial charge < -0.3 is 15.2 Å². The molecule has 0 atom stereocenters. The standard InChI is InChI=1S/C16H16N2O3S/c1-10-5-6-11(2)13(8-10)18-14(19)9-22-15-12(16(20)21)4-3-7-17-15/h3-8H,9H2,1-2H3,(H,18,19)(H,20,21)/p-1. The van der Waals surface area contributed by atoms with Crippen LogP contribution in [0, 0.1) is 13.8 Å². The van der Waals surface area contributed by atoms with Crippen molar-refractivity contribution in [1.29, 1.82) is 0 Å². The summed E-state index contributed by atoms with van der Waals surface area (Å²) >= 11 is 1.07. The highest BCUT2D eigenvalue weighted by Crippen LogP contribution is 2.21. The summed E-state index contributed by atoms with van der Waals surface area (Å²) in [7, 11) is 0. The first-order valence-corrected chi connectivity index (χ1v) is 7.62. The van der Waals surface area contributed by atoms with E-state index in [2.05, 4.69) is 10.3 Å². The zero-order chi connectivity index (χ0) is 16.1. The molecule has 2 aromatic rings. The molecule has 0 saturated heterocycles. The van der Waals surface area contributed by atoms with Crippen molar-refractivity contribution in [2.75, 3.05) is 11.1 Å². The first kappa shape index (κ1) is 16.0. The molecule has 1 N–H and O–H groups in total. The monoisotopic (exact) mass is 315 g/mol. The second-order valence-electron chi connectivity index (χ2n) is 4.80. The first-order valence-electron chi connectivity index (χ1n) is 6.63. The van der Waals surface area contributed by atoms with E-state index in [1.54, 1.807) is 0 Å². The topological polar surface area (TPSA) is 82.1 Å². The van der Waals surface area contributed by atoms with E-state index in [0.717, 1.165) is 28.6 Å². The maximum Gasteiger partial charge on any atom is 0.234 e. The summed E-state index contributed by atoms with van der Waals surface area (Å²) in [5.41, 5.74) is 2.77. The van der Waals surface area contributed by atoms with E-state index < -0.39 is 5.97 Å². The predicted molar refractivity (Wildman–Crippen MR) is 83.8 cm³/mol. The van der Waals surface area contributed by atoms with Gasteiger partial charge >= 0.3 is 0 Å². The Kier molecular flexibility index (Phi) is 5.16. The van der Waals surface area contributed by atoms with Gasteiger partial charge in [0.15, 0.2) is 0 Å². The van der Waals surface area contributed by atoms with E-state index >= 15 is 0 Å². The summed E-state index contributed by atoms with van der Waals surface area (Å²) < 4.78 is 0. The highest BCUT2D eigenvalue weighted by Gasteiger charge is 2.10. The van der Waals surface area contributed by atoms with Crippen LogP contribution in [-0.4, -0.2) is 22.6 Å². The van der Waals surface area contributed by atoms with Crippen LogP contribution >= 0.6 is 11.8 Å². The number of aryl methyl sites for hydroxylation is 2. The van der Waals surface area contributed by atoms with Gasteiger partial charge in [-0.25, -0.2) is 4.98 Å². The van der Waals surface area contributed by atoms with E-state index in [9.17, 15) is 14.7 Å².